The molecule has 20 heavy (non-hydrogen) atoms. The second-order valence-corrected chi connectivity index (χ2v) is 4.52. The third kappa shape index (κ3) is 4.29. The summed E-state index contributed by atoms with van der Waals surface area (Å²) in [5.41, 5.74) is 4.79. The third-order valence-corrected chi connectivity index (χ3v) is 2.90. The van der Waals surface area contributed by atoms with Crippen molar-refractivity contribution >= 4 is 41.1 Å². The number of nitrogens with two attached hydrogens (primary N) is 1. The van der Waals surface area contributed by atoms with Gasteiger partial charge in [0.1, 0.15) is 6.04 Å². The van der Waals surface area contributed by atoms with Crippen molar-refractivity contribution in [3.63, 3.8) is 0 Å². The Labute approximate surface area is 124 Å². The molecule has 108 valence electrons. The summed E-state index contributed by atoms with van der Waals surface area (Å²) >= 11 is 11.7. The topological polar surface area (TPSA) is 122 Å². The van der Waals surface area contributed by atoms with Crippen LogP contribution in [-0.4, -0.2) is 35.6 Å². The zero-order chi connectivity index (χ0) is 15.3. The van der Waals surface area contributed by atoms with E-state index in [4.69, 9.17) is 34.0 Å². The number of rotatable bonds is 5. The molecule has 0 aliphatic carbocycles. The van der Waals surface area contributed by atoms with Gasteiger partial charge >= 0.3 is 12.0 Å². The van der Waals surface area contributed by atoms with Crippen molar-refractivity contribution < 1.29 is 19.5 Å². The van der Waals surface area contributed by atoms with Gasteiger partial charge in [0.05, 0.1) is 22.2 Å². The molecule has 0 aliphatic heterocycles. The van der Waals surface area contributed by atoms with Crippen molar-refractivity contribution in [1.29, 1.82) is 0 Å². The molecule has 0 saturated heterocycles. The van der Waals surface area contributed by atoms with E-state index < -0.39 is 23.9 Å². The van der Waals surface area contributed by atoms with Crippen molar-refractivity contribution in [2.45, 2.75) is 6.04 Å². The number of aliphatic carboxylic acids is 1. The highest BCUT2D eigenvalue weighted by Gasteiger charge is 2.23. The number of carbonyl (C=O) groups excluding carboxylic acids is 2. The first-order chi connectivity index (χ1) is 9.32. The molecule has 0 radical (unpaired) electrons. The lowest BCUT2D eigenvalue weighted by molar-refractivity contribution is -0.139. The fraction of sp³-hybridized carbons (Fsp3) is 0.182. The zero-order valence-electron chi connectivity index (χ0n) is 10.0. The second kappa shape index (κ2) is 6.97. The summed E-state index contributed by atoms with van der Waals surface area (Å²) in [5, 5.41) is 13.4. The average molecular weight is 320 g/mol. The first kappa shape index (κ1) is 16.1. The van der Waals surface area contributed by atoms with Crippen LogP contribution >= 0.6 is 23.2 Å². The molecule has 1 aromatic carbocycles. The summed E-state index contributed by atoms with van der Waals surface area (Å²) in [6.45, 7) is -0.363. The Morgan fingerprint density at radius 3 is 2.25 bits per heavy atom. The van der Waals surface area contributed by atoms with Crippen molar-refractivity contribution in [2.75, 3.05) is 6.54 Å². The van der Waals surface area contributed by atoms with E-state index in [9.17, 15) is 14.4 Å². The van der Waals surface area contributed by atoms with Crippen LogP contribution in [-0.2, 0) is 4.79 Å². The van der Waals surface area contributed by atoms with Crippen LogP contribution in [0.3, 0.4) is 0 Å². The van der Waals surface area contributed by atoms with Crippen LogP contribution in [0.1, 0.15) is 10.4 Å². The number of hydrogen-bond acceptors (Lipinski definition) is 3. The predicted molar refractivity (Wildman–Crippen MR) is 72.9 cm³/mol. The Morgan fingerprint density at radius 1 is 1.25 bits per heavy atom. The molecule has 1 unspecified atom stereocenters. The monoisotopic (exact) mass is 319 g/mol. The van der Waals surface area contributed by atoms with E-state index in [1.54, 1.807) is 6.07 Å². The lowest BCUT2D eigenvalue weighted by atomic mass is 10.2. The summed E-state index contributed by atoms with van der Waals surface area (Å²) in [6.07, 6.45) is 0. The maximum absolute atomic E-state index is 12.0. The largest absolute Gasteiger partial charge is 0.480 e. The van der Waals surface area contributed by atoms with Gasteiger partial charge in [-0.1, -0.05) is 29.3 Å². The first-order valence-electron chi connectivity index (χ1n) is 5.34. The molecule has 0 bridgehead atoms. The van der Waals surface area contributed by atoms with Crippen LogP contribution in [0.2, 0.25) is 10.0 Å². The Bertz CT molecular complexity index is 530. The minimum Gasteiger partial charge on any atom is -0.480 e. The Hall–Kier alpha value is -1.99. The first-order valence-corrected chi connectivity index (χ1v) is 6.09. The van der Waals surface area contributed by atoms with Gasteiger partial charge in [-0.3, -0.25) is 4.79 Å². The van der Waals surface area contributed by atoms with E-state index in [1.807, 2.05) is 0 Å². The number of benzene rings is 1. The van der Waals surface area contributed by atoms with E-state index in [2.05, 4.69) is 10.6 Å². The molecule has 0 spiro atoms. The quantitative estimate of drug-likeness (QED) is 0.642. The van der Waals surface area contributed by atoms with Gasteiger partial charge in [-0.2, -0.15) is 0 Å². The molecule has 1 aromatic rings. The lowest BCUT2D eigenvalue weighted by Gasteiger charge is -2.15. The van der Waals surface area contributed by atoms with Crippen LogP contribution in [0.15, 0.2) is 18.2 Å². The molecular formula is C11H11Cl2N3O4. The van der Waals surface area contributed by atoms with Gasteiger partial charge < -0.3 is 21.5 Å². The summed E-state index contributed by atoms with van der Waals surface area (Å²) < 4.78 is 0. The highest BCUT2D eigenvalue weighted by molar-refractivity contribution is 6.39. The number of nitrogens with one attached hydrogen (secondary N) is 2. The molecule has 1 atom stereocenters. The molecule has 1 rings (SSSR count). The van der Waals surface area contributed by atoms with Crippen molar-refractivity contribution in [3.8, 4) is 0 Å². The predicted octanol–water partition coefficient (Wildman–Crippen LogP) is 0.845. The molecule has 9 heteroatoms. The third-order valence-electron chi connectivity index (χ3n) is 2.27. The number of carboxylic acids is 1. The average Bonchev–Trinajstić information content (AvgIpc) is 2.33. The fourth-order valence-electron chi connectivity index (χ4n) is 1.35. The molecule has 0 heterocycles. The molecular weight excluding hydrogens is 309 g/mol. The van der Waals surface area contributed by atoms with Gasteiger partial charge in [0.15, 0.2) is 0 Å². The van der Waals surface area contributed by atoms with E-state index in [0.717, 1.165) is 0 Å². The van der Waals surface area contributed by atoms with Crippen molar-refractivity contribution in [1.82, 2.24) is 10.6 Å². The smallest absolute Gasteiger partial charge is 0.328 e. The van der Waals surface area contributed by atoms with Crippen molar-refractivity contribution in [3.05, 3.63) is 33.8 Å². The van der Waals surface area contributed by atoms with Gasteiger partial charge in [-0.15, -0.1) is 0 Å². The van der Waals surface area contributed by atoms with Crippen LogP contribution in [0.5, 0.6) is 0 Å². The standard InChI is InChI=1S/C11H11Cl2N3O4/c12-5-2-1-3-6(13)8(5)9(17)16-7(10(18)19)4-15-11(14)20/h1-3,7H,4H2,(H,16,17)(H,18,19)(H3,14,15,20). The van der Waals surface area contributed by atoms with E-state index >= 15 is 0 Å². The number of primary amides is 1. The molecule has 7 nitrogen and oxygen atoms in total. The highest BCUT2D eigenvalue weighted by Crippen LogP contribution is 2.23. The maximum Gasteiger partial charge on any atom is 0.328 e. The number of carboxylic acid groups (broad SMARTS) is 1. The number of carbonyl (C=O) groups is 3. The maximum atomic E-state index is 12.0. The van der Waals surface area contributed by atoms with Gasteiger partial charge in [0.2, 0.25) is 0 Å². The van der Waals surface area contributed by atoms with Crippen LogP contribution < -0.4 is 16.4 Å². The van der Waals surface area contributed by atoms with Crippen LogP contribution in [0.4, 0.5) is 4.79 Å². The highest BCUT2D eigenvalue weighted by atomic mass is 35.5. The lowest BCUT2D eigenvalue weighted by Crippen LogP contribution is -2.49. The van der Waals surface area contributed by atoms with Gasteiger partial charge in [0, 0.05) is 0 Å². The summed E-state index contributed by atoms with van der Waals surface area (Å²) in [5.74, 6) is -2.10. The van der Waals surface area contributed by atoms with E-state index in [0.29, 0.717) is 0 Å². The van der Waals surface area contributed by atoms with Crippen molar-refractivity contribution in [2.24, 2.45) is 5.73 Å². The minimum absolute atomic E-state index is 0.0406. The summed E-state index contributed by atoms with van der Waals surface area (Å²) in [4.78, 5) is 33.5. The fourth-order valence-corrected chi connectivity index (χ4v) is 1.92. The summed E-state index contributed by atoms with van der Waals surface area (Å²) in [6, 6.07) is 2.17. The van der Waals surface area contributed by atoms with Gasteiger partial charge in [0.25, 0.3) is 5.91 Å². The minimum atomic E-state index is -1.36. The Morgan fingerprint density at radius 2 is 1.80 bits per heavy atom. The number of urea groups is 1. The van der Waals surface area contributed by atoms with Gasteiger partial charge in [-0.25, -0.2) is 9.59 Å². The summed E-state index contributed by atoms with van der Waals surface area (Å²) in [7, 11) is 0. The van der Waals surface area contributed by atoms with Crippen LogP contribution in [0, 0.1) is 0 Å². The second-order valence-electron chi connectivity index (χ2n) is 3.71. The Balaban J connectivity index is 2.86. The van der Waals surface area contributed by atoms with Crippen LogP contribution in [0.25, 0.3) is 0 Å². The number of halogens is 2. The Kier molecular flexibility index (Phi) is 5.60. The molecule has 3 amide bonds. The molecule has 5 N–H and O–H groups in total. The van der Waals surface area contributed by atoms with E-state index in [1.165, 1.54) is 12.1 Å². The molecule has 0 fully saturated rings. The van der Waals surface area contributed by atoms with E-state index in [-0.39, 0.29) is 22.2 Å². The number of amides is 3. The van der Waals surface area contributed by atoms with Gasteiger partial charge in [-0.05, 0) is 12.1 Å². The molecule has 0 saturated carbocycles. The zero-order valence-corrected chi connectivity index (χ0v) is 11.5. The molecule has 0 aliphatic rings. The SMILES string of the molecule is NC(=O)NCC(NC(=O)c1c(Cl)cccc1Cl)C(=O)O. The number of hydrogen-bond donors (Lipinski definition) is 4. The molecule has 0 aromatic heterocycles. The normalized spacial score (nSPS) is 11.5.